The molecule has 1 aromatic rings. The number of likely N-dealkylation sites (N-methyl/N-ethyl adjacent to an activating group) is 1. The van der Waals surface area contributed by atoms with E-state index in [1.54, 1.807) is 7.05 Å². The third-order valence-electron chi connectivity index (χ3n) is 3.75. The minimum absolute atomic E-state index is 0.148. The third kappa shape index (κ3) is 3.72. The molecule has 1 aliphatic rings. The number of urea groups is 1. The highest BCUT2D eigenvalue weighted by molar-refractivity contribution is 5.77. The Kier molecular flexibility index (Phi) is 4.80. The fourth-order valence-corrected chi connectivity index (χ4v) is 2.32. The molecule has 0 bridgehead atoms. The second kappa shape index (κ2) is 6.58. The van der Waals surface area contributed by atoms with E-state index >= 15 is 0 Å². The number of carboxylic acids is 1. The van der Waals surface area contributed by atoms with Crippen molar-refractivity contribution in [1.29, 1.82) is 0 Å². The Morgan fingerprint density at radius 2 is 2.00 bits per heavy atom. The smallest absolute Gasteiger partial charge is 0.317 e. The molecule has 0 spiro atoms. The number of aliphatic carboxylic acids is 1. The van der Waals surface area contributed by atoms with Gasteiger partial charge in [0.2, 0.25) is 0 Å². The second-order valence-electron chi connectivity index (χ2n) is 5.30. The number of benzene rings is 1. The molecule has 21 heavy (non-hydrogen) atoms. The number of hydrogen-bond donors (Lipinski definition) is 2. The highest BCUT2D eigenvalue weighted by Crippen LogP contribution is 2.19. The number of nitrogens with one attached hydrogen (secondary N) is 1. The van der Waals surface area contributed by atoms with Crippen LogP contribution in [0.4, 0.5) is 4.79 Å². The van der Waals surface area contributed by atoms with Crippen molar-refractivity contribution in [3.8, 4) is 0 Å². The first kappa shape index (κ1) is 15.3. The molecule has 0 radical (unpaired) electrons. The van der Waals surface area contributed by atoms with Gasteiger partial charge in [0, 0.05) is 13.6 Å². The molecule has 6 heteroatoms. The van der Waals surface area contributed by atoms with Crippen LogP contribution in [0, 0.1) is 12.8 Å². The van der Waals surface area contributed by atoms with Crippen molar-refractivity contribution in [2.24, 2.45) is 5.92 Å². The Balaban J connectivity index is 1.90. The predicted octanol–water partition coefficient (Wildman–Crippen LogP) is 1.24. The first-order chi connectivity index (χ1) is 9.99. The molecule has 6 nitrogen and oxygen atoms in total. The first-order valence-corrected chi connectivity index (χ1v) is 6.86. The number of rotatable bonds is 4. The van der Waals surface area contributed by atoms with Gasteiger partial charge in [-0.05, 0) is 12.5 Å². The zero-order valence-electron chi connectivity index (χ0n) is 12.2. The summed E-state index contributed by atoms with van der Waals surface area (Å²) in [6.07, 6.45) is 0. The van der Waals surface area contributed by atoms with E-state index in [1.165, 1.54) is 4.90 Å². The van der Waals surface area contributed by atoms with Gasteiger partial charge in [0.1, 0.15) is 5.92 Å². The Bertz CT molecular complexity index is 515. The Morgan fingerprint density at radius 3 is 2.62 bits per heavy atom. The molecule has 0 aromatic heterocycles. The molecule has 0 aliphatic carbocycles. The van der Waals surface area contributed by atoms with Gasteiger partial charge in [0.05, 0.1) is 19.3 Å². The van der Waals surface area contributed by atoms with Gasteiger partial charge in [0.15, 0.2) is 0 Å². The molecule has 1 aliphatic heterocycles. The van der Waals surface area contributed by atoms with Gasteiger partial charge in [-0.1, -0.05) is 29.8 Å². The standard InChI is InChI=1S/C15H20N2O4/c1-10-3-5-11(6-4-10)7-16-15(20)17(2)13-9-21-8-12(13)14(18)19/h3-6,12-13H,7-9H2,1-2H3,(H,16,20)(H,18,19). The van der Waals surface area contributed by atoms with Crippen molar-refractivity contribution >= 4 is 12.0 Å². The lowest BCUT2D eigenvalue weighted by Crippen LogP contribution is -2.48. The average Bonchev–Trinajstić information content (AvgIpc) is 2.95. The Morgan fingerprint density at radius 1 is 1.33 bits per heavy atom. The molecule has 2 rings (SSSR count). The zero-order valence-corrected chi connectivity index (χ0v) is 12.2. The summed E-state index contributed by atoms with van der Waals surface area (Å²) in [6.45, 7) is 2.82. The lowest BCUT2D eigenvalue weighted by atomic mass is 10.0. The fourth-order valence-electron chi connectivity index (χ4n) is 2.32. The van der Waals surface area contributed by atoms with Crippen LogP contribution in [0.1, 0.15) is 11.1 Å². The summed E-state index contributed by atoms with van der Waals surface area (Å²) in [5, 5.41) is 11.9. The summed E-state index contributed by atoms with van der Waals surface area (Å²) < 4.78 is 5.18. The molecule has 2 atom stereocenters. The maximum atomic E-state index is 12.1. The minimum Gasteiger partial charge on any atom is -0.481 e. The van der Waals surface area contributed by atoms with E-state index in [-0.39, 0.29) is 19.2 Å². The summed E-state index contributed by atoms with van der Waals surface area (Å²) in [6, 6.07) is 7.15. The normalized spacial score (nSPS) is 21.0. The van der Waals surface area contributed by atoms with E-state index in [4.69, 9.17) is 9.84 Å². The van der Waals surface area contributed by atoms with E-state index in [0.717, 1.165) is 11.1 Å². The molecule has 1 saturated heterocycles. The number of hydrogen-bond acceptors (Lipinski definition) is 3. The summed E-state index contributed by atoms with van der Waals surface area (Å²) >= 11 is 0. The van der Waals surface area contributed by atoms with Gasteiger partial charge >= 0.3 is 12.0 Å². The van der Waals surface area contributed by atoms with Crippen LogP contribution in [-0.2, 0) is 16.1 Å². The van der Waals surface area contributed by atoms with E-state index in [9.17, 15) is 9.59 Å². The SMILES string of the molecule is Cc1ccc(CNC(=O)N(C)C2COCC2C(=O)O)cc1. The number of carboxylic acid groups (broad SMARTS) is 1. The number of carbonyl (C=O) groups is 2. The zero-order chi connectivity index (χ0) is 15.4. The van der Waals surface area contributed by atoms with Crippen LogP contribution < -0.4 is 5.32 Å². The van der Waals surface area contributed by atoms with Crippen LogP contribution in [0.15, 0.2) is 24.3 Å². The third-order valence-corrected chi connectivity index (χ3v) is 3.75. The second-order valence-corrected chi connectivity index (χ2v) is 5.30. The number of carbonyl (C=O) groups excluding carboxylic acids is 1. The van der Waals surface area contributed by atoms with Crippen molar-refractivity contribution in [3.05, 3.63) is 35.4 Å². The molecular weight excluding hydrogens is 272 g/mol. The molecule has 1 aromatic carbocycles. The fraction of sp³-hybridized carbons (Fsp3) is 0.467. The van der Waals surface area contributed by atoms with Gasteiger partial charge in [-0.2, -0.15) is 0 Å². The van der Waals surface area contributed by atoms with Crippen molar-refractivity contribution in [1.82, 2.24) is 10.2 Å². The van der Waals surface area contributed by atoms with Crippen LogP contribution in [0.2, 0.25) is 0 Å². The van der Waals surface area contributed by atoms with Crippen LogP contribution in [-0.4, -0.2) is 48.3 Å². The summed E-state index contributed by atoms with van der Waals surface area (Å²) in [4.78, 5) is 24.6. The van der Waals surface area contributed by atoms with Crippen LogP contribution in [0.5, 0.6) is 0 Å². The summed E-state index contributed by atoms with van der Waals surface area (Å²) in [5.74, 6) is -1.60. The molecule has 1 heterocycles. The summed E-state index contributed by atoms with van der Waals surface area (Å²) in [5.41, 5.74) is 2.16. The monoisotopic (exact) mass is 292 g/mol. The Labute approximate surface area is 123 Å². The van der Waals surface area contributed by atoms with Crippen LogP contribution >= 0.6 is 0 Å². The van der Waals surface area contributed by atoms with Gasteiger partial charge in [-0.3, -0.25) is 4.79 Å². The number of aryl methyl sites for hydroxylation is 1. The predicted molar refractivity (Wildman–Crippen MR) is 76.9 cm³/mol. The molecule has 1 fully saturated rings. The maximum absolute atomic E-state index is 12.1. The van der Waals surface area contributed by atoms with Crippen molar-refractivity contribution in [3.63, 3.8) is 0 Å². The number of amides is 2. The molecule has 0 saturated carbocycles. The van der Waals surface area contributed by atoms with Crippen molar-refractivity contribution < 1.29 is 19.4 Å². The average molecular weight is 292 g/mol. The maximum Gasteiger partial charge on any atom is 0.317 e. The van der Waals surface area contributed by atoms with Gasteiger partial charge in [-0.25, -0.2) is 4.79 Å². The molecule has 114 valence electrons. The lowest BCUT2D eigenvalue weighted by Gasteiger charge is -2.26. The lowest BCUT2D eigenvalue weighted by molar-refractivity contribution is -0.142. The minimum atomic E-state index is -0.935. The van der Waals surface area contributed by atoms with Gasteiger partial charge < -0.3 is 20.1 Å². The number of ether oxygens (including phenoxy) is 1. The van der Waals surface area contributed by atoms with Crippen molar-refractivity contribution in [2.45, 2.75) is 19.5 Å². The topological polar surface area (TPSA) is 78.9 Å². The van der Waals surface area contributed by atoms with Gasteiger partial charge in [0.25, 0.3) is 0 Å². The quantitative estimate of drug-likeness (QED) is 0.875. The van der Waals surface area contributed by atoms with Crippen LogP contribution in [0.25, 0.3) is 0 Å². The van der Waals surface area contributed by atoms with E-state index in [2.05, 4.69) is 5.32 Å². The van der Waals surface area contributed by atoms with E-state index in [1.807, 2.05) is 31.2 Å². The highest BCUT2D eigenvalue weighted by atomic mass is 16.5. The Hall–Kier alpha value is -2.08. The molecule has 2 amide bonds. The molecule has 2 unspecified atom stereocenters. The van der Waals surface area contributed by atoms with E-state index in [0.29, 0.717) is 6.54 Å². The van der Waals surface area contributed by atoms with Crippen LogP contribution in [0.3, 0.4) is 0 Å². The number of nitrogens with zero attached hydrogens (tertiary/aromatic N) is 1. The van der Waals surface area contributed by atoms with Gasteiger partial charge in [-0.15, -0.1) is 0 Å². The molecule has 2 N–H and O–H groups in total. The van der Waals surface area contributed by atoms with Crippen molar-refractivity contribution in [2.75, 3.05) is 20.3 Å². The van der Waals surface area contributed by atoms with E-state index < -0.39 is 17.9 Å². The highest BCUT2D eigenvalue weighted by Gasteiger charge is 2.38. The largest absolute Gasteiger partial charge is 0.481 e. The first-order valence-electron chi connectivity index (χ1n) is 6.86. The summed E-state index contributed by atoms with van der Waals surface area (Å²) in [7, 11) is 1.60. The molecular formula is C15H20N2O4.